The van der Waals surface area contributed by atoms with Gasteiger partial charge in [-0.05, 0) is 55.6 Å². The van der Waals surface area contributed by atoms with Crippen molar-refractivity contribution in [1.29, 1.82) is 0 Å². The molecule has 1 aromatic heterocycles. The van der Waals surface area contributed by atoms with E-state index >= 15 is 0 Å². The minimum absolute atomic E-state index is 0.193. The zero-order chi connectivity index (χ0) is 22.4. The number of nitrogens with one attached hydrogen (secondary N) is 2. The molecule has 2 N–H and O–H groups in total. The van der Waals surface area contributed by atoms with Gasteiger partial charge in [0.2, 0.25) is 0 Å². The number of hydrogen-bond acceptors (Lipinski definition) is 8. The van der Waals surface area contributed by atoms with Gasteiger partial charge in [0.25, 0.3) is 0 Å². The van der Waals surface area contributed by atoms with Gasteiger partial charge in [0.15, 0.2) is 9.84 Å². The Morgan fingerprint density at radius 2 is 1.82 bits per heavy atom. The third-order valence-corrected chi connectivity index (χ3v) is 9.23. The fraction of sp³-hybridized carbons (Fsp3) is 0.542. The number of sulfone groups is 1. The Labute approximate surface area is 195 Å². The van der Waals surface area contributed by atoms with E-state index < -0.39 is 9.84 Å². The molecular weight excluding hydrogens is 438 g/mol. The van der Waals surface area contributed by atoms with E-state index in [1.54, 1.807) is 6.20 Å². The molecule has 176 valence electrons. The summed E-state index contributed by atoms with van der Waals surface area (Å²) in [6.07, 6.45) is 4.17. The Bertz CT molecular complexity index is 1130. The summed E-state index contributed by atoms with van der Waals surface area (Å²) >= 11 is 0. The van der Waals surface area contributed by atoms with Gasteiger partial charge in [0.1, 0.15) is 18.2 Å². The van der Waals surface area contributed by atoms with Crippen molar-refractivity contribution in [2.24, 2.45) is 0 Å². The molecular formula is C24H31N5O3S. The zero-order valence-corrected chi connectivity index (χ0v) is 19.6. The number of nitrogens with zero attached hydrogens (tertiary/aromatic N) is 3. The highest BCUT2D eigenvalue weighted by Gasteiger charge is 2.30. The van der Waals surface area contributed by atoms with Gasteiger partial charge >= 0.3 is 0 Å². The summed E-state index contributed by atoms with van der Waals surface area (Å²) in [4.78, 5) is 9.37. The van der Waals surface area contributed by atoms with Crippen molar-refractivity contribution in [1.82, 2.24) is 15.2 Å². The molecule has 8 nitrogen and oxygen atoms in total. The molecule has 0 unspecified atom stereocenters. The molecule has 0 radical (unpaired) electrons. The maximum atomic E-state index is 11.9. The Hall–Kier alpha value is -2.36. The smallest absolute Gasteiger partial charge is 0.153 e. The van der Waals surface area contributed by atoms with Crippen molar-refractivity contribution in [2.45, 2.75) is 31.4 Å². The molecule has 4 aliphatic rings. The van der Waals surface area contributed by atoms with Gasteiger partial charge in [0, 0.05) is 44.1 Å². The van der Waals surface area contributed by atoms with Gasteiger partial charge in [-0.15, -0.1) is 0 Å². The fourth-order valence-electron chi connectivity index (χ4n) is 5.41. The van der Waals surface area contributed by atoms with Crippen LogP contribution in [-0.4, -0.2) is 75.1 Å². The summed E-state index contributed by atoms with van der Waals surface area (Å²) in [6.45, 7) is 6.01. The normalized spacial score (nSPS) is 23.5. The summed E-state index contributed by atoms with van der Waals surface area (Å²) in [6, 6.07) is 9.22. The van der Waals surface area contributed by atoms with Gasteiger partial charge in [-0.3, -0.25) is 4.90 Å². The quantitative estimate of drug-likeness (QED) is 0.707. The Balaban J connectivity index is 1.21. The van der Waals surface area contributed by atoms with Crippen LogP contribution in [0.3, 0.4) is 0 Å². The van der Waals surface area contributed by atoms with Crippen LogP contribution in [0.15, 0.2) is 30.5 Å². The predicted octanol–water partition coefficient (Wildman–Crippen LogP) is 2.10. The first-order chi connectivity index (χ1) is 16.1. The van der Waals surface area contributed by atoms with Crippen molar-refractivity contribution in [2.75, 3.05) is 61.0 Å². The number of aromatic nitrogens is 1. The van der Waals surface area contributed by atoms with Crippen molar-refractivity contribution in [3.8, 4) is 5.75 Å². The number of hydrogen-bond donors (Lipinski definition) is 2. The second kappa shape index (κ2) is 8.45. The SMILES string of the molecule is O=S1(=O)CCN(c2ccnc3c2COc2ccc(C4CCN(C5CNC5)CC4)cc2N3)CC1. The maximum Gasteiger partial charge on any atom is 0.153 e. The van der Waals surface area contributed by atoms with Gasteiger partial charge < -0.3 is 20.3 Å². The molecule has 1 aromatic carbocycles. The number of likely N-dealkylation sites (tertiary alicyclic amines) is 1. The van der Waals surface area contributed by atoms with Crippen molar-refractivity contribution >= 4 is 27.0 Å². The molecule has 6 rings (SSSR count). The molecule has 9 heteroatoms. The van der Waals surface area contributed by atoms with Crippen molar-refractivity contribution < 1.29 is 13.2 Å². The summed E-state index contributed by atoms with van der Waals surface area (Å²) in [5, 5.41) is 6.90. The topological polar surface area (TPSA) is 86.8 Å². The largest absolute Gasteiger partial charge is 0.487 e. The predicted molar refractivity (Wildman–Crippen MR) is 129 cm³/mol. The number of benzene rings is 1. The lowest BCUT2D eigenvalue weighted by molar-refractivity contribution is 0.113. The minimum Gasteiger partial charge on any atom is -0.487 e. The molecule has 3 saturated heterocycles. The van der Waals surface area contributed by atoms with Crippen molar-refractivity contribution in [3.05, 3.63) is 41.6 Å². The molecule has 0 saturated carbocycles. The summed E-state index contributed by atoms with van der Waals surface area (Å²) in [5.41, 5.74) is 4.31. The minimum atomic E-state index is -2.93. The van der Waals surface area contributed by atoms with Crippen LogP contribution in [0.2, 0.25) is 0 Å². The highest BCUT2D eigenvalue weighted by molar-refractivity contribution is 7.91. The Kier molecular flexibility index (Phi) is 5.43. The summed E-state index contributed by atoms with van der Waals surface area (Å²) in [5.74, 6) is 2.58. The highest BCUT2D eigenvalue weighted by atomic mass is 32.2. The van der Waals surface area contributed by atoms with E-state index in [4.69, 9.17) is 4.74 Å². The first-order valence-corrected chi connectivity index (χ1v) is 13.8. The lowest BCUT2D eigenvalue weighted by Crippen LogP contribution is -2.58. The average Bonchev–Trinajstić information content (AvgIpc) is 2.97. The second-order valence-electron chi connectivity index (χ2n) is 9.59. The molecule has 0 aliphatic carbocycles. The van der Waals surface area contributed by atoms with E-state index in [0.717, 1.165) is 60.7 Å². The van der Waals surface area contributed by atoms with E-state index in [-0.39, 0.29) is 11.5 Å². The molecule has 0 spiro atoms. The summed E-state index contributed by atoms with van der Waals surface area (Å²) < 4.78 is 29.9. The van der Waals surface area contributed by atoms with E-state index in [0.29, 0.717) is 25.6 Å². The molecule has 4 aliphatic heterocycles. The van der Waals surface area contributed by atoms with Crippen LogP contribution < -0.4 is 20.3 Å². The highest BCUT2D eigenvalue weighted by Crippen LogP contribution is 2.40. The Morgan fingerprint density at radius 3 is 2.55 bits per heavy atom. The van der Waals surface area contributed by atoms with Crippen LogP contribution in [-0.2, 0) is 16.4 Å². The van der Waals surface area contributed by atoms with E-state index in [9.17, 15) is 8.42 Å². The first-order valence-electron chi connectivity index (χ1n) is 12.0. The Morgan fingerprint density at radius 1 is 1.03 bits per heavy atom. The third-order valence-electron chi connectivity index (χ3n) is 7.62. The van der Waals surface area contributed by atoms with Gasteiger partial charge in [-0.25, -0.2) is 13.4 Å². The first kappa shape index (κ1) is 21.2. The third kappa shape index (κ3) is 4.18. The van der Waals surface area contributed by atoms with Crippen LogP contribution in [0.5, 0.6) is 5.75 Å². The number of rotatable bonds is 3. The molecule has 0 bridgehead atoms. The van der Waals surface area contributed by atoms with Crippen LogP contribution in [0.4, 0.5) is 17.2 Å². The van der Waals surface area contributed by atoms with E-state index in [2.05, 4.69) is 43.6 Å². The molecule has 33 heavy (non-hydrogen) atoms. The standard InChI is InChI=1S/C24H31N5O3S/c30-33(31)11-9-29(10-12-33)22-3-6-26-24-20(22)16-32-23-2-1-18(13-21(23)27-24)17-4-7-28(8-5-17)19-14-25-15-19/h1-3,6,13,17,19,25H,4-5,7-12,14-16H2,(H,26,27). The second-order valence-corrected chi connectivity index (χ2v) is 11.9. The zero-order valence-electron chi connectivity index (χ0n) is 18.8. The number of ether oxygens (including phenoxy) is 1. The monoisotopic (exact) mass is 469 g/mol. The van der Waals surface area contributed by atoms with Crippen LogP contribution in [0, 0.1) is 0 Å². The van der Waals surface area contributed by atoms with Crippen molar-refractivity contribution in [3.63, 3.8) is 0 Å². The van der Waals surface area contributed by atoms with Crippen LogP contribution in [0.1, 0.15) is 29.9 Å². The average molecular weight is 470 g/mol. The lowest BCUT2D eigenvalue weighted by atomic mass is 9.88. The molecule has 0 atom stereocenters. The molecule has 2 aromatic rings. The molecule has 5 heterocycles. The van der Waals surface area contributed by atoms with E-state index in [1.165, 1.54) is 18.4 Å². The van der Waals surface area contributed by atoms with Gasteiger partial charge in [-0.1, -0.05) is 6.07 Å². The van der Waals surface area contributed by atoms with E-state index in [1.807, 2.05) is 6.07 Å². The number of fused-ring (bicyclic) bond motifs is 2. The fourth-order valence-corrected chi connectivity index (χ4v) is 6.62. The summed E-state index contributed by atoms with van der Waals surface area (Å²) in [7, 11) is -2.93. The molecule has 3 fully saturated rings. The van der Waals surface area contributed by atoms with Crippen LogP contribution in [0.25, 0.3) is 0 Å². The number of pyridine rings is 1. The van der Waals surface area contributed by atoms with Gasteiger partial charge in [-0.2, -0.15) is 0 Å². The van der Waals surface area contributed by atoms with Crippen LogP contribution >= 0.6 is 0 Å². The lowest BCUT2D eigenvalue weighted by Gasteiger charge is -2.42. The van der Waals surface area contributed by atoms with Gasteiger partial charge in [0.05, 0.1) is 22.8 Å². The molecule has 0 amide bonds. The number of piperidine rings is 1. The number of anilines is 3. The maximum absolute atomic E-state index is 11.9.